The first-order valence-electron chi connectivity index (χ1n) is 8.49. The second kappa shape index (κ2) is 8.27. The quantitative estimate of drug-likeness (QED) is 0.742. The third kappa shape index (κ3) is 4.78. The minimum atomic E-state index is -0.766. The average molecular weight is 377 g/mol. The van der Waals surface area contributed by atoms with Crippen LogP contribution in [0.1, 0.15) is 36.1 Å². The van der Waals surface area contributed by atoms with Crippen LogP contribution >= 0.6 is 11.3 Å². The fourth-order valence-electron chi connectivity index (χ4n) is 3.08. The topological polar surface area (TPSA) is 91.3 Å². The van der Waals surface area contributed by atoms with Crippen molar-refractivity contribution in [3.63, 3.8) is 0 Å². The number of amides is 2. The van der Waals surface area contributed by atoms with Gasteiger partial charge in [0.15, 0.2) is 5.13 Å². The summed E-state index contributed by atoms with van der Waals surface area (Å²) >= 11 is 1.30. The van der Waals surface area contributed by atoms with Crippen LogP contribution in [0.2, 0.25) is 0 Å². The van der Waals surface area contributed by atoms with Gasteiger partial charge >= 0.3 is 12.0 Å². The number of rotatable bonds is 5. The van der Waals surface area contributed by atoms with E-state index in [1.165, 1.54) is 17.4 Å². The molecule has 0 bridgehead atoms. The molecule has 1 fully saturated rings. The number of carboxylic acid groups (broad SMARTS) is 1. The zero-order chi connectivity index (χ0) is 18.5. The monoisotopic (exact) mass is 377 g/mol. The van der Waals surface area contributed by atoms with Crippen molar-refractivity contribution in [1.82, 2.24) is 10.3 Å². The summed E-state index contributed by atoms with van der Waals surface area (Å²) in [6.07, 6.45) is 4.51. The molecule has 1 aliphatic rings. The number of aliphatic carboxylic acids is 1. The highest BCUT2D eigenvalue weighted by atomic mass is 32.1. The molecule has 0 radical (unpaired) electrons. The second-order valence-corrected chi connectivity index (χ2v) is 7.50. The van der Waals surface area contributed by atoms with Crippen LogP contribution in [0.4, 0.5) is 14.3 Å². The van der Waals surface area contributed by atoms with E-state index in [0.29, 0.717) is 42.8 Å². The highest BCUT2D eigenvalue weighted by molar-refractivity contribution is 7.15. The maximum Gasteiger partial charge on any atom is 0.321 e. The Morgan fingerprint density at radius 1 is 1.23 bits per heavy atom. The molecule has 2 amide bonds. The van der Waals surface area contributed by atoms with E-state index in [1.54, 1.807) is 24.4 Å². The number of anilines is 1. The fourth-order valence-corrected chi connectivity index (χ4v) is 3.91. The zero-order valence-electron chi connectivity index (χ0n) is 14.1. The molecule has 26 heavy (non-hydrogen) atoms. The SMILES string of the molecule is O=C(Nc1ncc(Cc2ccccc2F)s1)NC1CCC(C(=O)O)CC1. The Labute approximate surface area is 154 Å². The van der Waals surface area contributed by atoms with Crippen LogP contribution in [-0.4, -0.2) is 28.1 Å². The predicted octanol–water partition coefficient (Wildman–Crippen LogP) is 3.64. The van der Waals surface area contributed by atoms with E-state index in [1.807, 2.05) is 0 Å². The van der Waals surface area contributed by atoms with Gasteiger partial charge in [-0.2, -0.15) is 0 Å². The third-order valence-electron chi connectivity index (χ3n) is 4.51. The van der Waals surface area contributed by atoms with Crippen molar-refractivity contribution < 1.29 is 19.1 Å². The van der Waals surface area contributed by atoms with Crippen LogP contribution in [0, 0.1) is 11.7 Å². The molecule has 2 aromatic rings. The molecule has 0 aliphatic heterocycles. The third-order valence-corrected chi connectivity index (χ3v) is 5.42. The van der Waals surface area contributed by atoms with Gasteiger partial charge in [-0.25, -0.2) is 14.2 Å². The number of halogens is 1. The second-order valence-electron chi connectivity index (χ2n) is 6.39. The van der Waals surface area contributed by atoms with Gasteiger partial charge in [0.05, 0.1) is 5.92 Å². The van der Waals surface area contributed by atoms with Gasteiger partial charge in [0.25, 0.3) is 0 Å². The number of urea groups is 1. The van der Waals surface area contributed by atoms with E-state index in [0.717, 1.165) is 4.88 Å². The lowest BCUT2D eigenvalue weighted by atomic mass is 9.86. The van der Waals surface area contributed by atoms with Gasteiger partial charge in [-0.3, -0.25) is 10.1 Å². The van der Waals surface area contributed by atoms with Crippen LogP contribution < -0.4 is 10.6 Å². The molecular weight excluding hydrogens is 357 g/mol. The van der Waals surface area contributed by atoms with E-state index < -0.39 is 5.97 Å². The average Bonchev–Trinajstić information content (AvgIpc) is 3.04. The maximum atomic E-state index is 13.7. The highest BCUT2D eigenvalue weighted by Crippen LogP contribution is 2.25. The number of hydrogen-bond acceptors (Lipinski definition) is 4. The van der Waals surface area contributed by atoms with Crippen molar-refractivity contribution >= 4 is 28.5 Å². The first-order chi connectivity index (χ1) is 12.5. The molecule has 1 aromatic carbocycles. The smallest absolute Gasteiger partial charge is 0.321 e. The number of carboxylic acids is 1. The van der Waals surface area contributed by atoms with Gasteiger partial charge in [-0.1, -0.05) is 18.2 Å². The van der Waals surface area contributed by atoms with Gasteiger partial charge in [-0.15, -0.1) is 11.3 Å². The molecule has 0 spiro atoms. The summed E-state index contributed by atoms with van der Waals surface area (Å²) in [7, 11) is 0. The molecule has 3 N–H and O–H groups in total. The van der Waals surface area contributed by atoms with Crippen molar-refractivity contribution in [3.8, 4) is 0 Å². The van der Waals surface area contributed by atoms with Crippen LogP contribution in [0.15, 0.2) is 30.5 Å². The van der Waals surface area contributed by atoms with Gasteiger partial charge in [0, 0.05) is 23.5 Å². The first kappa shape index (κ1) is 18.3. The summed E-state index contributed by atoms with van der Waals surface area (Å²) < 4.78 is 13.7. The largest absolute Gasteiger partial charge is 0.481 e. The number of thiazole rings is 1. The molecule has 3 rings (SSSR count). The van der Waals surface area contributed by atoms with Crippen LogP contribution in [0.5, 0.6) is 0 Å². The Kier molecular flexibility index (Phi) is 5.82. The fraction of sp³-hybridized carbons (Fsp3) is 0.389. The number of hydrogen-bond donors (Lipinski definition) is 3. The van der Waals surface area contributed by atoms with Gasteiger partial charge in [-0.05, 0) is 37.3 Å². The Hall–Kier alpha value is -2.48. The first-order valence-corrected chi connectivity index (χ1v) is 9.31. The molecule has 1 saturated carbocycles. The Bertz CT molecular complexity index is 787. The predicted molar refractivity (Wildman–Crippen MR) is 96.9 cm³/mol. The molecule has 6 nitrogen and oxygen atoms in total. The lowest BCUT2D eigenvalue weighted by molar-refractivity contribution is -0.142. The van der Waals surface area contributed by atoms with Crippen LogP contribution in [0.3, 0.4) is 0 Å². The summed E-state index contributed by atoms with van der Waals surface area (Å²) in [5, 5.41) is 15.0. The zero-order valence-corrected chi connectivity index (χ0v) is 14.9. The number of benzene rings is 1. The number of nitrogens with one attached hydrogen (secondary N) is 2. The molecular formula is C18H20FN3O3S. The van der Waals surface area contributed by atoms with Crippen LogP contribution in [0.25, 0.3) is 0 Å². The minimum Gasteiger partial charge on any atom is -0.481 e. The maximum absolute atomic E-state index is 13.7. The van der Waals surface area contributed by atoms with Gasteiger partial charge in [0.2, 0.25) is 0 Å². The van der Waals surface area contributed by atoms with E-state index in [-0.39, 0.29) is 23.8 Å². The number of nitrogens with zero attached hydrogens (tertiary/aromatic N) is 1. The Balaban J connectivity index is 1.49. The normalized spacial score (nSPS) is 19.7. The van der Waals surface area contributed by atoms with Gasteiger partial charge < -0.3 is 10.4 Å². The molecule has 138 valence electrons. The molecule has 1 aliphatic carbocycles. The molecule has 1 aromatic heterocycles. The molecule has 0 atom stereocenters. The van der Waals surface area contributed by atoms with Crippen LogP contribution in [-0.2, 0) is 11.2 Å². The Morgan fingerprint density at radius 3 is 2.65 bits per heavy atom. The summed E-state index contributed by atoms with van der Waals surface area (Å²) in [5.74, 6) is -1.33. The molecule has 1 heterocycles. The summed E-state index contributed by atoms with van der Waals surface area (Å²) in [4.78, 5) is 28.0. The van der Waals surface area contributed by atoms with E-state index in [4.69, 9.17) is 5.11 Å². The van der Waals surface area contributed by atoms with Crippen molar-refractivity contribution in [1.29, 1.82) is 0 Å². The van der Waals surface area contributed by atoms with E-state index >= 15 is 0 Å². The number of carbonyl (C=O) groups excluding carboxylic acids is 1. The summed E-state index contributed by atoms with van der Waals surface area (Å²) in [5.41, 5.74) is 0.586. The minimum absolute atomic E-state index is 0.0246. The van der Waals surface area contributed by atoms with Crippen molar-refractivity contribution in [2.24, 2.45) is 5.92 Å². The van der Waals surface area contributed by atoms with Crippen molar-refractivity contribution in [2.75, 3.05) is 5.32 Å². The number of aromatic nitrogens is 1. The Morgan fingerprint density at radius 2 is 1.96 bits per heavy atom. The van der Waals surface area contributed by atoms with E-state index in [9.17, 15) is 14.0 Å². The van der Waals surface area contributed by atoms with Crippen molar-refractivity contribution in [3.05, 3.63) is 46.7 Å². The van der Waals surface area contributed by atoms with Gasteiger partial charge in [0.1, 0.15) is 5.82 Å². The number of carbonyl (C=O) groups is 2. The molecule has 0 unspecified atom stereocenters. The van der Waals surface area contributed by atoms with E-state index in [2.05, 4.69) is 15.6 Å². The molecule has 0 saturated heterocycles. The lowest BCUT2D eigenvalue weighted by Crippen LogP contribution is -2.40. The highest BCUT2D eigenvalue weighted by Gasteiger charge is 2.26. The standard InChI is InChI=1S/C18H20FN3O3S/c19-15-4-2-1-3-12(15)9-14-10-20-18(26-14)22-17(25)21-13-7-5-11(6-8-13)16(23)24/h1-4,10-11,13H,5-9H2,(H,23,24)(H2,20,21,22,25). The summed E-state index contributed by atoms with van der Waals surface area (Å²) in [6, 6.07) is 6.20. The summed E-state index contributed by atoms with van der Waals surface area (Å²) in [6.45, 7) is 0. The lowest BCUT2D eigenvalue weighted by Gasteiger charge is -2.26. The van der Waals surface area contributed by atoms with Crippen molar-refractivity contribution in [2.45, 2.75) is 38.1 Å². The molecule has 8 heteroatoms.